The number of nitrogens with zero attached hydrogens (tertiary/aromatic N) is 2. The molecule has 0 saturated carbocycles. The van der Waals surface area contributed by atoms with Gasteiger partial charge in [0, 0.05) is 19.2 Å². The predicted molar refractivity (Wildman–Crippen MR) is 70.3 cm³/mol. The van der Waals surface area contributed by atoms with Crippen LogP contribution in [-0.2, 0) is 0 Å². The van der Waals surface area contributed by atoms with Crippen molar-refractivity contribution in [1.82, 2.24) is 4.90 Å². The fourth-order valence-corrected chi connectivity index (χ4v) is 3.15. The molecular weight excluding hydrogens is 276 g/mol. The Morgan fingerprint density at radius 2 is 2.17 bits per heavy atom. The topological polar surface area (TPSA) is 63.5 Å². The summed E-state index contributed by atoms with van der Waals surface area (Å²) in [6.45, 7) is 3.58. The van der Waals surface area contributed by atoms with Gasteiger partial charge in [0.05, 0.1) is 4.92 Å². The van der Waals surface area contributed by atoms with Crippen LogP contribution >= 0.6 is 22.9 Å². The van der Waals surface area contributed by atoms with Crippen LogP contribution in [0.4, 0.5) is 5.69 Å². The number of amides is 1. The second-order valence-electron chi connectivity index (χ2n) is 4.50. The summed E-state index contributed by atoms with van der Waals surface area (Å²) in [5.41, 5.74) is -0.185. The van der Waals surface area contributed by atoms with Crippen molar-refractivity contribution in [2.24, 2.45) is 5.92 Å². The van der Waals surface area contributed by atoms with Crippen LogP contribution in [0.1, 0.15) is 29.4 Å². The summed E-state index contributed by atoms with van der Waals surface area (Å²) in [7, 11) is 0. The molecule has 0 N–H and O–H groups in total. The Morgan fingerprint density at radius 3 is 2.67 bits per heavy atom. The number of thiophene rings is 1. The van der Waals surface area contributed by atoms with E-state index < -0.39 is 4.92 Å². The molecule has 0 radical (unpaired) electrons. The summed E-state index contributed by atoms with van der Waals surface area (Å²) in [6.07, 6.45) is 1.96. The molecule has 1 amide bonds. The Kier molecular flexibility index (Phi) is 3.87. The number of halogens is 1. The minimum Gasteiger partial charge on any atom is -0.338 e. The first-order chi connectivity index (χ1) is 8.49. The van der Waals surface area contributed by atoms with E-state index in [1.54, 1.807) is 4.90 Å². The molecule has 0 unspecified atom stereocenters. The summed E-state index contributed by atoms with van der Waals surface area (Å²) < 4.78 is 0.0636. The molecule has 1 aliphatic heterocycles. The van der Waals surface area contributed by atoms with Gasteiger partial charge in [-0.05, 0) is 18.8 Å². The number of carbonyl (C=O) groups is 1. The number of likely N-dealkylation sites (tertiary alicyclic amines) is 1. The van der Waals surface area contributed by atoms with Crippen LogP contribution in [0.15, 0.2) is 6.07 Å². The number of nitro groups is 1. The lowest BCUT2D eigenvalue weighted by Crippen LogP contribution is -2.37. The van der Waals surface area contributed by atoms with Crippen molar-refractivity contribution in [1.29, 1.82) is 0 Å². The Labute approximate surface area is 113 Å². The second-order valence-corrected chi connectivity index (χ2v) is 6.16. The van der Waals surface area contributed by atoms with Gasteiger partial charge >= 0.3 is 0 Å². The summed E-state index contributed by atoms with van der Waals surface area (Å²) in [5, 5.41) is 10.7. The summed E-state index contributed by atoms with van der Waals surface area (Å²) in [4.78, 5) is 24.4. The summed E-state index contributed by atoms with van der Waals surface area (Å²) >= 11 is 6.73. The highest BCUT2D eigenvalue weighted by molar-refractivity contribution is 7.18. The van der Waals surface area contributed by atoms with E-state index in [-0.39, 0.29) is 15.9 Å². The second kappa shape index (κ2) is 5.24. The molecule has 0 atom stereocenters. The Balaban J connectivity index is 2.14. The molecule has 1 saturated heterocycles. The van der Waals surface area contributed by atoms with Gasteiger partial charge in [0.1, 0.15) is 4.88 Å². The maximum absolute atomic E-state index is 12.1. The molecule has 0 spiro atoms. The lowest BCUT2D eigenvalue weighted by atomic mass is 9.99. The van der Waals surface area contributed by atoms with E-state index in [1.165, 1.54) is 6.07 Å². The first-order valence-electron chi connectivity index (χ1n) is 5.72. The SMILES string of the molecule is CC1CCN(C(=O)c2cc([N+](=O)[O-])c(Cl)s2)CC1. The molecule has 2 rings (SSSR count). The number of carbonyl (C=O) groups excluding carboxylic acids is 1. The van der Waals surface area contributed by atoms with Crippen molar-refractivity contribution < 1.29 is 9.72 Å². The van der Waals surface area contributed by atoms with Crippen LogP contribution in [0.2, 0.25) is 4.34 Å². The van der Waals surface area contributed by atoms with Crippen LogP contribution in [0.25, 0.3) is 0 Å². The normalized spacial score (nSPS) is 16.9. The third-order valence-electron chi connectivity index (χ3n) is 3.15. The molecule has 1 aromatic rings. The van der Waals surface area contributed by atoms with E-state index in [0.29, 0.717) is 23.9 Å². The van der Waals surface area contributed by atoms with E-state index in [1.807, 2.05) is 0 Å². The van der Waals surface area contributed by atoms with Crippen molar-refractivity contribution in [2.45, 2.75) is 19.8 Å². The maximum atomic E-state index is 12.1. The monoisotopic (exact) mass is 288 g/mol. The van der Waals surface area contributed by atoms with E-state index >= 15 is 0 Å². The molecular formula is C11H13ClN2O3S. The highest BCUT2D eigenvalue weighted by Gasteiger charge is 2.26. The van der Waals surface area contributed by atoms with Crippen molar-refractivity contribution in [3.8, 4) is 0 Å². The molecule has 0 bridgehead atoms. The van der Waals surface area contributed by atoms with Gasteiger partial charge in [0.25, 0.3) is 11.6 Å². The molecule has 1 fully saturated rings. The maximum Gasteiger partial charge on any atom is 0.299 e. The average Bonchev–Trinajstić information content (AvgIpc) is 2.71. The van der Waals surface area contributed by atoms with Crippen molar-refractivity contribution in [3.63, 3.8) is 0 Å². The molecule has 1 aliphatic rings. The molecule has 0 aliphatic carbocycles. The van der Waals surface area contributed by atoms with Gasteiger partial charge in [-0.3, -0.25) is 14.9 Å². The number of hydrogen-bond acceptors (Lipinski definition) is 4. The van der Waals surface area contributed by atoms with Gasteiger partial charge in [0.15, 0.2) is 4.34 Å². The molecule has 1 aromatic heterocycles. The van der Waals surface area contributed by atoms with Crippen LogP contribution in [0.5, 0.6) is 0 Å². The van der Waals surface area contributed by atoms with Crippen LogP contribution in [0.3, 0.4) is 0 Å². The quantitative estimate of drug-likeness (QED) is 0.620. The van der Waals surface area contributed by atoms with E-state index in [2.05, 4.69) is 6.92 Å². The van der Waals surface area contributed by atoms with Gasteiger partial charge < -0.3 is 4.90 Å². The Bertz CT molecular complexity index is 481. The lowest BCUT2D eigenvalue weighted by molar-refractivity contribution is -0.384. The fourth-order valence-electron chi connectivity index (χ4n) is 1.96. The fraction of sp³-hybridized carbons (Fsp3) is 0.545. The minimum atomic E-state index is -0.562. The van der Waals surface area contributed by atoms with E-state index in [4.69, 9.17) is 11.6 Å². The van der Waals surface area contributed by atoms with Gasteiger partial charge in [-0.2, -0.15) is 0 Å². The van der Waals surface area contributed by atoms with Crippen molar-refractivity contribution in [2.75, 3.05) is 13.1 Å². The highest BCUT2D eigenvalue weighted by Crippen LogP contribution is 2.34. The number of rotatable bonds is 2. The first-order valence-corrected chi connectivity index (χ1v) is 6.91. The average molecular weight is 289 g/mol. The zero-order valence-electron chi connectivity index (χ0n) is 9.89. The van der Waals surface area contributed by atoms with Crippen LogP contribution in [-0.4, -0.2) is 28.8 Å². The summed E-state index contributed by atoms with van der Waals surface area (Å²) in [6, 6.07) is 1.27. The summed E-state index contributed by atoms with van der Waals surface area (Å²) in [5.74, 6) is 0.484. The predicted octanol–water partition coefficient (Wildman–Crippen LogP) is 3.18. The van der Waals surface area contributed by atoms with E-state index in [0.717, 1.165) is 24.2 Å². The van der Waals surface area contributed by atoms with Crippen LogP contribution in [0, 0.1) is 16.0 Å². The molecule has 0 aromatic carbocycles. The molecule has 98 valence electrons. The smallest absolute Gasteiger partial charge is 0.299 e. The van der Waals surface area contributed by atoms with Crippen molar-refractivity contribution >= 4 is 34.5 Å². The lowest BCUT2D eigenvalue weighted by Gasteiger charge is -2.29. The first kappa shape index (κ1) is 13.3. The van der Waals surface area contributed by atoms with E-state index in [9.17, 15) is 14.9 Å². The van der Waals surface area contributed by atoms with Gasteiger partial charge in [0.2, 0.25) is 0 Å². The molecule has 18 heavy (non-hydrogen) atoms. The van der Waals surface area contributed by atoms with Gasteiger partial charge in [-0.1, -0.05) is 18.5 Å². The van der Waals surface area contributed by atoms with Gasteiger partial charge in [-0.15, -0.1) is 11.3 Å². The molecule has 2 heterocycles. The van der Waals surface area contributed by atoms with Crippen LogP contribution < -0.4 is 0 Å². The van der Waals surface area contributed by atoms with Gasteiger partial charge in [-0.25, -0.2) is 0 Å². The highest BCUT2D eigenvalue weighted by atomic mass is 35.5. The molecule has 7 heteroatoms. The zero-order chi connectivity index (χ0) is 13.3. The number of piperidine rings is 1. The minimum absolute atomic E-state index is 0.0636. The third kappa shape index (κ3) is 2.64. The Morgan fingerprint density at radius 1 is 1.56 bits per heavy atom. The standard InChI is InChI=1S/C11H13ClN2O3S/c1-7-2-4-13(5-3-7)11(15)9-6-8(14(16)17)10(12)18-9/h6-7H,2-5H2,1H3. The number of hydrogen-bond donors (Lipinski definition) is 0. The Hall–Kier alpha value is -1.14. The zero-order valence-corrected chi connectivity index (χ0v) is 11.5. The largest absolute Gasteiger partial charge is 0.338 e. The third-order valence-corrected chi connectivity index (χ3v) is 4.47. The van der Waals surface area contributed by atoms with Crippen molar-refractivity contribution in [3.05, 3.63) is 25.4 Å². The molecule has 5 nitrogen and oxygen atoms in total.